The molecule has 1 unspecified atom stereocenters. The van der Waals surface area contributed by atoms with E-state index in [1.807, 2.05) is 12.2 Å². The third-order valence-electron chi connectivity index (χ3n) is 10.4. The monoisotopic (exact) mass is 895 g/mol. The Kier molecular flexibility index (Phi) is 44.9. The lowest BCUT2D eigenvalue weighted by Gasteiger charge is -2.20. The third-order valence-corrected chi connectivity index (χ3v) is 11.4. The summed E-state index contributed by atoms with van der Waals surface area (Å²) >= 11 is 0. The molecule has 0 amide bonds. The van der Waals surface area contributed by atoms with E-state index in [-0.39, 0.29) is 19.4 Å². The Labute approximate surface area is 378 Å². The van der Waals surface area contributed by atoms with E-state index in [1.54, 1.807) is 0 Å². The summed E-state index contributed by atoms with van der Waals surface area (Å²) in [6.45, 7) is 2.30. The summed E-state index contributed by atoms with van der Waals surface area (Å²) in [7, 11) is -4.64. The quantitative estimate of drug-likeness (QED) is 0.0233. The normalized spacial score (nSPS) is 14.2. The predicted octanol–water partition coefficient (Wildman–Crippen LogP) is 13.8. The number of esters is 2. The molecule has 0 fully saturated rings. The van der Waals surface area contributed by atoms with Crippen LogP contribution >= 0.6 is 7.82 Å². The molecule has 0 aliphatic rings. The van der Waals surface area contributed by atoms with Crippen LogP contribution in [0.25, 0.3) is 0 Å². The first-order valence-electron chi connectivity index (χ1n) is 24.7. The highest BCUT2D eigenvalue weighted by Gasteiger charge is 2.27. The van der Waals surface area contributed by atoms with E-state index in [0.29, 0.717) is 12.8 Å². The summed E-state index contributed by atoms with van der Waals surface area (Å²) in [5.74, 6) is -1.02. The van der Waals surface area contributed by atoms with Crippen LogP contribution < -0.4 is 0 Å². The lowest BCUT2D eigenvalue weighted by Crippen LogP contribution is -2.29. The predicted molar refractivity (Wildman–Crippen MR) is 256 cm³/mol. The summed E-state index contributed by atoms with van der Waals surface area (Å²) in [6.07, 6.45) is 53.4. The molecule has 0 rings (SSSR count). The zero-order valence-electron chi connectivity index (χ0n) is 39.3. The average molecular weight is 895 g/mol. The third kappa shape index (κ3) is 45.7. The Bertz CT molecular complexity index is 1210. The van der Waals surface area contributed by atoms with Crippen molar-refractivity contribution in [2.75, 3.05) is 26.4 Å². The number of aliphatic hydroxyl groups excluding tert-OH is 2. The molecule has 0 aromatic carbocycles. The second kappa shape index (κ2) is 46.7. The van der Waals surface area contributed by atoms with E-state index in [1.165, 1.54) is 128 Å². The van der Waals surface area contributed by atoms with Gasteiger partial charge in [-0.2, -0.15) is 0 Å². The van der Waals surface area contributed by atoms with Crippen molar-refractivity contribution in [3.8, 4) is 0 Å². The fourth-order valence-corrected chi connectivity index (χ4v) is 7.41. The number of unbranched alkanes of at least 4 members (excludes halogenated alkanes) is 22. The van der Waals surface area contributed by atoms with E-state index in [9.17, 15) is 24.2 Å². The summed E-state index contributed by atoms with van der Waals surface area (Å²) in [4.78, 5) is 35.1. The highest BCUT2D eigenvalue weighted by atomic mass is 31.2. The number of carbonyl (C=O) groups excluding carboxylic acids is 2. The zero-order chi connectivity index (χ0) is 45.5. The number of phosphoric ester groups is 1. The summed E-state index contributed by atoms with van der Waals surface area (Å²) in [6, 6.07) is 0. The number of ether oxygens (including phenoxy) is 2. The molecule has 10 nitrogen and oxygen atoms in total. The van der Waals surface area contributed by atoms with Gasteiger partial charge in [0.05, 0.1) is 19.8 Å². The topological polar surface area (TPSA) is 149 Å². The van der Waals surface area contributed by atoms with E-state index in [2.05, 4.69) is 62.5 Å². The standard InChI is InChI=1S/C51H91O10P/c1-3-5-7-9-11-13-15-17-19-21-23-25-27-29-31-33-35-37-39-41-43-51(55)61-49(47-60-62(56,57)59-45-48(53)44-52)46-58-50(54)42-40-38-36-34-32-30-28-26-24-22-20-18-16-14-12-10-8-6-4-2/h12,14,18,20,24,26,30,32,36,38,48-49,52-53H,3-11,13,15-17,19,21-23,25,27-29,31,33-35,37,39-47H2,1-2H3,(H,56,57)/b14-12+,20-18+,26-24+,32-30+,38-36+/t48-,49+/m0/s1. The number of rotatable bonds is 46. The SMILES string of the molecule is CCCCC/C=C/C/C=C/C/C=C/C/C=C/C/C=C/CCC(=O)OC[C@H](COP(=O)(O)OC[C@@H](O)CO)OC(=O)CCCCCCCCCCCCCCCCCCCCCC. The van der Waals surface area contributed by atoms with Crippen LogP contribution in [0.2, 0.25) is 0 Å². The van der Waals surface area contributed by atoms with E-state index >= 15 is 0 Å². The van der Waals surface area contributed by atoms with Crippen molar-refractivity contribution in [2.24, 2.45) is 0 Å². The molecule has 0 saturated heterocycles. The van der Waals surface area contributed by atoms with E-state index < -0.39 is 51.8 Å². The van der Waals surface area contributed by atoms with Crippen LogP contribution in [0.3, 0.4) is 0 Å². The van der Waals surface area contributed by atoms with Gasteiger partial charge in [-0.15, -0.1) is 0 Å². The molecular weight excluding hydrogens is 804 g/mol. The van der Waals surface area contributed by atoms with Crippen molar-refractivity contribution in [3.63, 3.8) is 0 Å². The van der Waals surface area contributed by atoms with Crippen molar-refractivity contribution in [3.05, 3.63) is 60.8 Å². The molecule has 11 heteroatoms. The van der Waals surface area contributed by atoms with Gasteiger partial charge in [-0.05, 0) is 51.4 Å². The lowest BCUT2D eigenvalue weighted by atomic mass is 10.0. The smallest absolute Gasteiger partial charge is 0.462 e. The maximum Gasteiger partial charge on any atom is 0.472 e. The molecule has 0 bridgehead atoms. The van der Waals surface area contributed by atoms with Crippen LogP contribution in [0, 0.1) is 0 Å². The first-order valence-corrected chi connectivity index (χ1v) is 26.2. The molecule has 0 heterocycles. The molecule has 0 radical (unpaired) electrons. The van der Waals surface area contributed by atoms with Gasteiger partial charge < -0.3 is 24.6 Å². The van der Waals surface area contributed by atoms with Gasteiger partial charge in [0.15, 0.2) is 6.10 Å². The minimum Gasteiger partial charge on any atom is -0.462 e. The summed E-state index contributed by atoms with van der Waals surface area (Å²) < 4.78 is 32.7. The Morgan fingerprint density at radius 3 is 1.32 bits per heavy atom. The molecular formula is C51H91O10P. The van der Waals surface area contributed by atoms with Crippen molar-refractivity contribution in [2.45, 2.75) is 225 Å². The molecule has 0 aromatic heterocycles. The highest BCUT2D eigenvalue weighted by molar-refractivity contribution is 7.47. The van der Waals surface area contributed by atoms with Crippen molar-refractivity contribution >= 4 is 19.8 Å². The van der Waals surface area contributed by atoms with Gasteiger partial charge in [0.25, 0.3) is 0 Å². The number of hydrogen-bond donors (Lipinski definition) is 3. The number of allylic oxidation sites excluding steroid dienone is 10. The molecule has 0 spiro atoms. The fourth-order valence-electron chi connectivity index (χ4n) is 6.62. The van der Waals surface area contributed by atoms with Crippen LogP contribution in [0.1, 0.15) is 213 Å². The molecule has 0 aromatic rings. The Morgan fingerprint density at radius 1 is 0.484 bits per heavy atom. The molecule has 0 aliphatic carbocycles. The summed E-state index contributed by atoms with van der Waals surface area (Å²) in [5.41, 5.74) is 0. The maximum absolute atomic E-state index is 12.7. The molecule has 0 saturated carbocycles. The minimum atomic E-state index is -4.64. The zero-order valence-corrected chi connectivity index (χ0v) is 40.2. The van der Waals surface area contributed by atoms with Crippen LogP contribution in [-0.2, 0) is 32.7 Å². The Morgan fingerprint density at radius 2 is 0.871 bits per heavy atom. The van der Waals surface area contributed by atoms with Gasteiger partial charge in [0.1, 0.15) is 12.7 Å². The number of hydrogen-bond acceptors (Lipinski definition) is 9. The van der Waals surface area contributed by atoms with E-state index in [4.69, 9.17) is 23.6 Å². The second-order valence-corrected chi connectivity index (χ2v) is 17.9. The Balaban J connectivity index is 4.30. The Hall–Kier alpha value is -2.33. The van der Waals surface area contributed by atoms with Gasteiger partial charge >= 0.3 is 19.8 Å². The van der Waals surface area contributed by atoms with Crippen molar-refractivity contribution < 1.29 is 47.8 Å². The van der Waals surface area contributed by atoms with Gasteiger partial charge in [-0.1, -0.05) is 209 Å². The highest BCUT2D eigenvalue weighted by Crippen LogP contribution is 2.43. The molecule has 3 atom stereocenters. The molecule has 0 aliphatic heterocycles. The molecule has 62 heavy (non-hydrogen) atoms. The maximum atomic E-state index is 12.7. The second-order valence-electron chi connectivity index (χ2n) is 16.5. The lowest BCUT2D eigenvalue weighted by molar-refractivity contribution is -0.161. The number of aliphatic hydroxyl groups is 2. The van der Waals surface area contributed by atoms with Gasteiger partial charge in [-0.3, -0.25) is 18.6 Å². The van der Waals surface area contributed by atoms with Crippen LogP contribution in [0.4, 0.5) is 0 Å². The average Bonchev–Trinajstić information content (AvgIpc) is 3.26. The molecule has 3 N–H and O–H groups in total. The first kappa shape index (κ1) is 59.7. The van der Waals surface area contributed by atoms with Gasteiger partial charge in [0.2, 0.25) is 0 Å². The number of phosphoric acid groups is 1. The van der Waals surface area contributed by atoms with E-state index in [0.717, 1.165) is 44.9 Å². The first-order chi connectivity index (χ1) is 30.2. The van der Waals surface area contributed by atoms with Crippen LogP contribution in [-0.4, -0.2) is 65.7 Å². The van der Waals surface area contributed by atoms with Crippen LogP contribution in [0.5, 0.6) is 0 Å². The van der Waals surface area contributed by atoms with Gasteiger partial charge in [0, 0.05) is 12.8 Å². The van der Waals surface area contributed by atoms with Gasteiger partial charge in [-0.25, -0.2) is 4.57 Å². The van der Waals surface area contributed by atoms with Crippen LogP contribution in [0.15, 0.2) is 60.8 Å². The molecule has 360 valence electrons. The minimum absolute atomic E-state index is 0.118. The largest absolute Gasteiger partial charge is 0.472 e. The van der Waals surface area contributed by atoms with Crippen molar-refractivity contribution in [1.29, 1.82) is 0 Å². The summed E-state index contributed by atoms with van der Waals surface area (Å²) in [5, 5.41) is 18.4. The van der Waals surface area contributed by atoms with Crippen molar-refractivity contribution in [1.82, 2.24) is 0 Å². The fraction of sp³-hybridized carbons (Fsp3) is 0.765. The number of carbonyl (C=O) groups is 2.